The lowest BCUT2D eigenvalue weighted by molar-refractivity contribution is 1.07. The van der Waals surface area contributed by atoms with Crippen LogP contribution in [-0.2, 0) is 0 Å². The average molecular weight is 750 g/mol. The molecule has 0 saturated heterocycles. The molecule has 3 heterocycles. The molecule has 0 aliphatic carbocycles. The normalized spacial score (nSPS) is 11.6. The molecule has 11 rings (SSSR count). The monoisotopic (exact) mass is 749 g/mol. The first-order valence-corrected chi connectivity index (χ1v) is 20.3. The predicted octanol–water partition coefficient (Wildman–Crippen LogP) is 14.6. The highest BCUT2D eigenvalue weighted by Gasteiger charge is 2.18. The summed E-state index contributed by atoms with van der Waals surface area (Å²) in [5.41, 5.74) is 10.0. The molecule has 0 atom stereocenters. The molecular weight excluding hydrogens is 719 g/mol. The lowest BCUT2D eigenvalue weighted by Crippen LogP contribution is -2.00. The minimum atomic E-state index is 0.643. The Balaban J connectivity index is 1.11. The molecule has 262 valence electrons. The fourth-order valence-electron chi connectivity index (χ4n) is 7.80. The van der Waals surface area contributed by atoms with E-state index in [-0.39, 0.29) is 0 Å². The number of fused-ring (bicyclic) bond motifs is 6. The van der Waals surface area contributed by atoms with E-state index < -0.39 is 0 Å². The molecule has 0 aliphatic heterocycles. The number of rotatable bonds is 6. The fourth-order valence-corrected chi connectivity index (χ4v) is 10.2. The molecule has 0 N–H and O–H groups in total. The van der Waals surface area contributed by atoms with E-state index in [0.29, 0.717) is 17.5 Å². The van der Waals surface area contributed by atoms with Crippen molar-refractivity contribution < 1.29 is 0 Å². The second kappa shape index (κ2) is 13.5. The van der Waals surface area contributed by atoms with Gasteiger partial charge in [-0.05, 0) is 70.3 Å². The minimum absolute atomic E-state index is 0.643. The van der Waals surface area contributed by atoms with Gasteiger partial charge in [-0.1, -0.05) is 146 Å². The largest absolute Gasteiger partial charge is 0.208 e. The fraction of sp³-hybridized carbons (Fsp3) is 0. The predicted molar refractivity (Wildman–Crippen MR) is 238 cm³/mol. The summed E-state index contributed by atoms with van der Waals surface area (Å²) in [4.78, 5) is 15.4. The first-order chi connectivity index (χ1) is 27.7. The van der Waals surface area contributed by atoms with Gasteiger partial charge >= 0.3 is 0 Å². The van der Waals surface area contributed by atoms with Crippen LogP contribution in [0.2, 0.25) is 0 Å². The number of aromatic nitrogens is 3. The zero-order chi connectivity index (χ0) is 37.0. The summed E-state index contributed by atoms with van der Waals surface area (Å²) in [6, 6.07) is 66.9. The molecule has 0 radical (unpaired) electrons. The van der Waals surface area contributed by atoms with Crippen molar-refractivity contribution in [2.75, 3.05) is 0 Å². The van der Waals surface area contributed by atoms with Crippen LogP contribution in [0, 0.1) is 0 Å². The first-order valence-electron chi connectivity index (χ1n) is 18.7. The third-order valence-electron chi connectivity index (χ3n) is 10.5. The first kappa shape index (κ1) is 32.6. The van der Waals surface area contributed by atoms with Gasteiger partial charge in [0.15, 0.2) is 17.5 Å². The van der Waals surface area contributed by atoms with E-state index in [9.17, 15) is 0 Å². The Morgan fingerprint density at radius 3 is 1.57 bits per heavy atom. The van der Waals surface area contributed by atoms with Crippen molar-refractivity contribution in [2.24, 2.45) is 0 Å². The van der Waals surface area contributed by atoms with Crippen molar-refractivity contribution in [3.05, 3.63) is 188 Å². The van der Waals surface area contributed by atoms with Gasteiger partial charge in [0.1, 0.15) is 0 Å². The summed E-state index contributed by atoms with van der Waals surface area (Å²) in [6.45, 7) is 0. The lowest BCUT2D eigenvalue weighted by Gasteiger charge is -2.12. The highest BCUT2D eigenvalue weighted by molar-refractivity contribution is 7.27. The van der Waals surface area contributed by atoms with E-state index in [4.69, 9.17) is 15.0 Å². The molecule has 11 aromatic rings. The number of hydrogen-bond donors (Lipinski definition) is 0. The molecule has 8 aromatic carbocycles. The van der Waals surface area contributed by atoms with Gasteiger partial charge in [-0.2, -0.15) is 0 Å². The molecule has 0 aliphatic rings. The quantitative estimate of drug-likeness (QED) is 0.170. The minimum Gasteiger partial charge on any atom is -0.208 e. The molecule has 0 amide bonds. The van der Waals surface area contributed by atoms with Gasteiger partial charge in [-0.3, -0.25) is 0 Å². The standard InChI is InChI=1S/C51H31N3S2/c1-4-14-32(15-5-1)38-30-42(48-44(31-38)41-24-13-23-39(47(41)56-48)33-16-6-2-7-17-33)35-20-12-21-36(28-35)50-52-49(34-18-8-3-9-19-34)53-51(54-50)37-26-27-46-43(29-37)40-22-10-11-25-45(40)55-46/h1-31H. The van der Waals surface area contributed by atoms with Crippen LogP contribution in [0.4, 0.5) is 0 Å². The molecule has 0 saturated carbocycles. The topological polar surface area (TPSA) is 38.7 Å². The summed E-state index contributed by atoms with van der Waals surface area (Å²) in [5, 5.41) is 5.00. The number of nitrogens with zero attached hydrogens (tertiary/aromatic N) is 3. The molecule has 0 fully saturated rings. The van der Waals surface area contributed by atoms with Crippen LogP contribution in [-0.4, -0.2) is 15.0 Å². The van der Waals surface area contributed by atoms with E-state index in [1.165, 1.54) is 68.2 Å². The maximum absolute atomic E-state index is 5.20. The molecule has 0 unspecified atom stereocenters. The molecule has 5 heteroatoms. The van der Waals surface area contributed by atoms with Crippen LogP contribution in [0.5, 0.6) is 0 Å². The number of thiophene rings is 2. The van der Waals surface area contributed by atoms with E-state index in [1.807, 2.05) is 40.9 Å². The van der Waals surface area contributed by atoms with Crippen molar-refractivity contribution in [1.82, 2.24) is 15.0 Å². The molecule has 56 heavy (non-hydrogen) atoms. The van der Waals surface area contributed by atoms with Crippen molar-refractivity contribution >= 4 is 63.0 Å². The zero-order valence-electron chi connectivity index (χ0n) is 30.1. The van der Waals surface area contributed by atoms with E-state index in [1.54, 1.807) is 0 Å². The van der Waals surface area contributed by atoms with Crippen LogP contribution >= 0.6 is 22.7 Å². The summed E-state index contributed by atoms with van der Waals surface area (Å²) >= 11 is 3.69. The van der Waals surface area contributed by atoms with Crippen molar-refractivity contribution in [1.29, 1.82) is 0 Å². The summed E-state index contributed by atoms with van der Waals surface area (Å²) in [5.74, 6) is 1.95. The Hall–Kier alpha value is -6.79. The van der Waals surface area contributed by atoms with Gasteiger partial charge < -0.3 is 0 Å². The van der Waals surface area contributed by atoms with Crippen LogP contribution < -0.4 is 0 Å². The van der Waals surface area contributed by atoms with Crippen LogP contribution in [0.15, 0.2) is 188 Å². The average Bonchev–Trinajstić information content (AvgIpc) is 3.85. The third kappa shape index (κ3) is 5.68. The highest BCUT2D eigenvalue weighted by atomic mass is 32.1. The van der Waals surface area contributed by atoms with Crippen molar-refractivity contribution in [3.63, 3.8) is 0 Å². The smallest absolute Gasteiger partial charge is 0.164 e. The SMILES string of the molecule is c1ccc(-c2cc(-c3cccc(-c4nc(-c5ccccc5)nc(-c5ccc6sc7ccccc7c6c5)n4)c3)c3sc4c(-c5ccccc5)cccc4c3c2)cc1. The van der Waals surface area contributed by atoms with Gasteiger partial charge in [-0.15, -0.1) is 22.7 Å². The highest BCUT2D eigenvalue weighted by Crippen LogP contribution is 2.46. The van der Waals surface area contributed by atoms with E-state index >= 15 is 0 Å². The molecule has 0 bridgehead atoms. The Kier molecular flexibility index (Phi) is 7.87. The lowest BCUT2D eigenvalue weighted by atomic mass is 9.94. The zero-order valence-corrected chi connectivity index (χ0v) is 31.7. The van der Waals surface area contributed by atoms with E-state index in [2.05, 4.69) is 170 Å². The maximum Gasteiger partial charge on any atom is 0.164 e. The Morgan fingerprint density at radius 1 is 0.268 bits per heavy atom. The summed E-state index contributed by atoms with van der Waals surface area (Å²) < 4.78 is 5.08. The van der Waals surface area contributed by atoms with Crippen molar-refractivity contribution in [3.8, 4) is 67.5 Å². The second-order valence-corrected chi connectivity index (χ2v) is 16.1. The van der Waals surface area contributed by atoms with Crippen LogP contribution in [0.1, 0.15) is 0 Å². The second-order valence-electron chi connectivity index (χ2n) is 14.0. The van der Waals surface area contributed by atoms with Gasteiger partial charge in [0.25, 0.3) is 0 Å². The molecule has 3 nitrogen and oxygen atoms in total. The van der Waals surface area contributed by atoms with Gasteiger partial charge in [0.05, 0.1) is 0 Å². The maximum atomic E-state index is 5.20. The van der Waals surface area contributed by atoms with Gasteiger partial charge in [-0.25, -0.2) is 15.0 Å². The molecule has 3 aromatic heterocycles. The summed E-state index contributed by atoms with van der Waals surface area (Å²) in [7, 11) is 0. The van der Waals surface area contributed by atoms with E-state index in [0.717, 1.165) is 22.3 Å². The Bertz CT molecular complexity index is 3240. The Labute approximate surface area is 331 Å². The van der Waals surface area contributed by atoms with Crippen molar-refractivity contribution in [2.45, 2.75) is 0 Å². The number of benzene rings is 8. The van der Waals surface area contributed by atoms with Crippen LogP contribution in [0.3, 0.4) is 0 Å². The number of hydrogen-bond acceptors (Lipinski definition) is 5. The van der Waals surface area contributed by atoms with Gasteiger partial charge in [0, 0.05) is 62.6 Å². The molecular formula is C51H31N3S2. The van der Waals surface area contributed by atoms with Gasteiger partial charge in [0.2, 0.25) is 0 Å². The summed E-state index contributed by atoms with van der Waals surface area (Å²) in [6.07, 6.45) is 0. The molecule has 0 spiro atoms. The van der Waals surface area contributed by atoms with Crippen LogP contribution in [0.25, 0.3) is 108 Å². The Morgan fingerprint density at radius 2 is 0.804 bits per heavy atom. The third-order valence-corrected chi connectivity index (χ3v) is 13.0.